The molecule has 0 N–H and O–H groups in total. The molecule has 0 aliphatic carbocycles. The van der Waals surface area contributed by atoms with Crippen LogP contribution in [-0.2, 0) is 32.7 Å². The summed E-state index contributed by atoms with van der Waals surface area (Å²) in [7, 11) is 1.14. The molecule has 9 nitrogen and oxygen atoms in total. The second-order valence-corrected chi connectivity index (χ2v) is 21.0. The first kappa shape index (κ1) is 66.9. The van der Waals surface area contributed by atoms with Gasteiger partial charge in [0.05, 0.1) is 27.7 Å². The van der Waals surface area contributed by atoms with Crippen LogP contribution in [0.25, 0.3) is 0 Å². The SMILES string of the molecule is CC/C=C\C/C=C\C/C=C\C/C=C\C/C=C\CCCCCCCCCCCCCC(=O)OC(COC(=O)CCCCCCCC/C=C\C/C=C\C/C=C\CCCCC)COP(=O)([O-])OCC[N+](C)(C)C. The first-order valence-corrected chi connectivity index (χ1v) is 29.4. The number of esters is 2. The second-order valence-electron chi connectivity index (χ2n) is 19.6. The van der Waals surface area contributed by atoms with Gasteiger partial charge in [-0.25, -0.2) is 0 Å². The van der Waals surface area contributed by atoms with Gasteiger partial charge in [-0.1, -0.05) is 207 Å². The van der Waals surface area contributed by atoms with E-state index in [1.807, 2.05) is 21.1 Å². The maximum atomic E-state index is 12.8. The van der Waals surface area contributed by atoms with Gasteiger partial charge in [0, 0.05) is 12.8 Å². The molecule has 0 heterocycles. The van der Waals surface area contributed by atoms with Gasteiger partial charge in [-0.05, 0) is 96.3 Å². The number of ether oxygens (including phenoxy) is 2. The maximum Gasteiger partial charge on any atom is 0.306 e. The summed E-state index contributed by atoms with van der Waals surface area (Å²) in [6.07, 6.45) is 68.7. The topological polar surface area (TPSA) is 111 Å². The lowest BCUT2D eigenvalue weighted by atomic mass is 10.0. The molecule has 10 heteroatoms. The van der Waals surface area contributed by atoms with Crippen LogP contribution in [0.3, 0.4) is 0 Å². The molecule has 0 rings (SSSR count). The Morgan fingerprint density at radius 1 is 0.457 bits per heavy atom. The van der Waals surface area contributed by atoms with E-state index in [1.54, 1.807) is 0 Å². The van der Waals surface area contributed by atoms with Crippen molar-refractivity contribution in [2.24, 2.45) is 0 Å². The number of unbranched alkanes of at least 4 members (excludes halogenated alkanes) is 20. The van der Waals surface area contributed by atoms with Crippen LogP contribution in [0.5, 0.6) is 0 Å². The number of hydrogen-bond donors (Lipinski definition) is 0. The molecule has 0 aromatic rings. The highest BCUT2D eigenvalue weighted by atomic mass is 31.2. The molecule has 0 bridgehead atoms. The molecular weight excluding hydrogens is 894 g/mol. The van der Waals surface area contributed by atoms with E-state index in [9.17, 15) is 19.0 Å². The molecular formula is C60H104NO8P. The van der Waals surface area contributed by atoms with Crippen molar-refractivity contribution < 1.29 is 42.1 Å². The zero-order valence-corrected chi connectivity index (χ0v) is 46.3. The summed E-state index contributed by atoms with van der Waals surface area (Å²) in [5.41, 5.74) is 0. The van der Waals surface area contributed by atoms with Crippen molar-refractivity contribution in [1.82, 2.24) is 0 Å². The van der Waals surface area contributed by atoms with Crippen molar-refractivity contribution in [3.05, 3.63) is 97.2 Å². The first-order chi connectivity index (χ1) is 34.0. The number of quaternary nitrogens is 1. The van der Waals surface area contributed by atoms with Gasteiger partial charge in [0.25, 0.3) is 7.82 Å². The molecule has 0 spiro atoms. The molecule has 0 radical (unpaired) electrons. The van der Waals surface area contributed by atoms with Crippen molar-refractivity contribution in [2.45, 2.75) is 225 Å². The fourth-order valence-corrected chi connectivity index (χ4v) is 8.01. The molecule has 70 heavy (non-hydrogen) atoms. The standard InChI is InChI=1S/C60H104NO8P/c1-6-8-10-12-14-16-18-20-22-24-26-27-28-29-30-31-32-33-35-37-39-41-43-45-47-49-51-53-60(63)69-58(57-68-70(64,65)67-55-54-61(3,4)5)56-66-59(62)52-50-48-46-44-42-40-38-36-34-25-23-21-19-17-15-13-11-9-7-2/h8,10,14-17,20-23,26-27,29-30,34,36,58H,6-7,9,11-13,18-19,24-25,28,31-33,35,37-57H2,1-5H3/b10-8-,16-14-,17-15-,22-20-,23-21-,27-26-,30-29-,36-34-. The molecule has 0 saturated heterocycles. The lowest BCUT2D eigenvalue weighted by Gasteiger charge is -2.28. The van der Waals surface area contributed by atoms with Crippen molar-refractivity contribution in [2.75, 3.05) is 47.5 Å². The minimum atomic E-state index is -4.64. The van der Waals surface area contributed by atoms with Gasteiger partial charge < -0.3 is 27.9 Å². The van der Waals surface area contributed by atoms with E-state index in [4.69, 9.17) is 18.5 Å². The van der Waals surface area contributed by atoms with Crippen LogP contribution in [0.1, 0.15) is 219 Å². The fourth-order valence-electron chi connectivity index (χ4n) is 7.28. The van der Waals surface area contributed by atoms with Gasteiger partial charge >= 0.3 is 11.9 Å². The van der Waals surface area contributed by atoms with Crippen molar-refractivity contribution in [3.8, 4) is 0 Å². The number of likely N-dealkylation sites (N-methyl/N-ethyl adjacent to an activating group) is 1. The molecule has 2 unspecified atom stereocenters. The summed E-state index contributed by atoms with van der Waals surface area (Å²) in [6.45, 7) is 4.07. The van der Waals surface area contributed by atoms with Crippen LogP contribution in [0.4, 0.5) is 0 Å². The van der Waals surface area contributed by atoms with Gasteiger partial charge in [-0.15, -0.1) is 0 Å². The molecule has 0 aliphatic heterocycles. The second kappa shape index (κ2) is 50.9. The lowest BCUT2D eigenvalue weighted by molar-refractivity contribution is -0.870. The molecule has 0 aromatic heterocycles. The molecule has 0 aromatic carbocycles. The van der Waals surface area contributed by atoms with Gasteiger partial charge in [0.1, 0.15) is 19.8 Å². The zero-order valence-electron chi connectivity index (χ0n) is 45.4. The molecule has 0 aliphatic rings. The number of hydrogen-bond acceptors (Lipinski definition) is 8. The predicted molar refractivity (Wildman–Crippen MR) is 295 cm³/mol. The number of nitrogens with zero attached hydrogens (tertiary/aromatic N) is 1. The van der Waals surface area contributed by atoms with Crippen LogP contribution >= 0.6 is 7.82 Å². The van der Waals surface area contributed by atoms with Gasteiger partial charge in [0.15, 0.2) is 6.10 Å². The van der Waals surface area contributed by atoms with E-state index in [0.717, 1.165) is 109 Å². The van der Waals surface area contributed by atoms with E-state index in [2.05, 4.69) is 111 Å². The van der Waals surface area contributed by atoms with Crippen molar-refractivity contribution >= 4 is 19.8 Å². The van der Waals surface area contributed by atoms with Crippen LogP contribution in [0, 0.1) is 0 Å². The highest BCUT2D eigenvalue weighted by Crippen LogP contribution is 2.38. The molecule has 2 atom stereocenters. The van der Waals surface area contributed by atoms with Gasteiger partial charge in [0.2, 0.25) is 0 Å². The smallest absolute Gasteiger partial charge is 0.306 e. The van der Waals surface area contributed by atoms with Gasteiger partial charge in [-0.3, -0.25) is 14.2 Å². The Labute approximate surface area is 430 Å². The summed E-state index contributed by atoms with van der Waals surface area (Å²) in [4.78, 5) is 37.8. The summed E-state index contributed by atoms with van der Waals surface area (Å²) in [5.74, 6) is -0.855. The minimum absolute atomic E-state index is 0.0384. The Balaban J connectivity index is 4.23. The van der Waals surface area contributed by atoms with Crippen LogP contribution in [0.15, 0.2) is 97.2 Å². The number of phosphoric ester groups is 1. The summed E-state index contributed by atoms with van der Waals surface area (Å²) < 4.78 is 34.1. The average Bonchev–Trinajstić information content (AvgIpc) is 3.32. The van der Waals surface area contributed by atoms with E-state index in [-0.39, 0.29) is 26.1 Å². The van der Waals surface area contributed by atoms with Crippen LogP contribution in [0.2, 0.25) is 0 Å². The van der Waals surface area contributed by atoms with Gasteiger partial charge in [-0.2, -0.15) is 0 Å². The first-order valence-electron chi connectivity index (χ1n) is 27.9. The average molecular weight is 998 g/mol. The normalized spacial score (nSPS) is 14.1. The Hall–Kier alpha value is -3.07. The Morgan fingerprint density at radius 3 is 1.21 bits per heavy atom. The van der Waals surface area contributed by atoms with E-state index >= 15 is 0 Å². The molecule has 402 valence electrons. The number of phosphoric acid groups is 1. The number of allylic oxidation sites excluding steroid dienone is 16. The third-order valence-corrected chi connectivity index (χ3v) is 12.6. The Bertz CT molecular complexity index is 1500. The monoisotopic (exact) mass is 998 g/mol. The summed E-state index contributed by atoms with van der Waals surface area (Å²) >= 11 is 0. The lowest BCUT2D eigenvalue weighted by Crippen LogP contribution is -2.37. The number of carbonyl (C=O) groups is 2. The summed E-state index contributed by atoms with van der Waals surface area (Å²) in [6, 6.07) is 0. The summed E-state index contributed by atoms with van der Waals surface area (Å²) in [5, 5.41) is 0. The van der Waals surface area contributed by atoms with Crippen LogP contribution in [-0.4, -0.2) is 70.0 Å². The van der Waals surface area contributed by atoms with Crippen molar-refractivity contribution in [3.63, 3.8) is 0 Å². The van der Waals surface area contributed by atoms with Crippen molar-refractivity contribution in [1.29, 1.82) is 0 Å². The Kier molecular flexibility index (Phi) is 48.6. The zero-order chi connectivity index (χ0) is 51.3. The predicted octanol–water partition coefficient (Wildman–Crippen LogP) is 16.6. The van der Waals surface area contributed by atoms with E-state index in [0.29, 0.717) is 23.9 Å². The fraction of sp³-hybridized carbons (Fsp3) is 0.700. The molecule has 0 fully saturated rings. The third-order valence-electron chi connectivity index (χ3n) is 11.6. The van der Waals surface area contributed by atoms with E-state index < -0.39 is 32.5 Å². The minimum Gasteiger partial charge on any atom is -0.756 e. The quantitative estimate of drug-likeness (QED) is 0.0195. The third kappa shape index (κ3) is 54.3. The number of rotatable bonds is 50. The molecule has 0 amide bonds. The highest BCUT2D eigenvalue weighted by molar-refractivity contribution is 7.45. The maximum absolute atomic E-state index is 12.8. The highest BCUT2D eigenvalue weighted by Gasteiger charge is 2.21. The molecule has 0 saturated carbocycles. The van der Waals surface area contributed by atoms with Crippen LogP contribution < -0.4 is 4.89 Å². The Morgan fingerprint density at radius 2 is 0.814 bits per heavy atom. The number of carbonyl (C=O) groups excluding carboxylic acids is 2. The largest absolute Gasteiger partial charge is 0.756 e. The van der Waals surface area contributed by atoms with E-state index in [1.165, 1.54) is 70.6 Å².